The van der Waals surface area contributed by atoms with E-state index in [0.29, 0.717) is 5.56 Å². The molecule has 0 aliphatic carbocycles. The lowest BCUT2D eigenvalue weighted by molar-refractivity contribution is -0.172. The molecule has 0 spiro atoms. The zero-order valence-corrected chi connectivity index (χ0v) is 16.8. The molecule has 0 radical (unpaired) electrons. The molecule has 0 aromatic heterocycles. The molecule has 0 saturated heterocycles. The summed E-state index contributed by atoms with van der Waals surface area (Å²) in [5.74, 6) is -2.00. The molecule has 0 saturated carbocycles. The maximum Gasteiger partial charge on any atom is 0.338 e. The van der Waals surface area contributed by atoms with E-state index in [1.807, 2.05) is 0 Å². The van der Waals surface area contributed by atoms with Gasteiger partial charge in [0.05, 0.1) is 0 Å². The standard InChI is InChI=1S/C18H27NO6S/c1-12(14(26(6,22)23)13-10-8-7-9-11-13)24-15(20)18(5,19)16(21)25-17(2,3)4/h7-12,14H,19H2,1-6H3/t12?,14?,18-/m0/s1. The van der Waals surface area contributed by atoms with Crippen LogP contribution in [0, 0.1) is 0 Å². The molecule has 7 nitrogen and oxygen atoms in total. The number of hydrogen-bond donors (Lipinski definition) is 1. The minimum Gasteiger partial charge on any atom is -0.459 e. The molecule has 0 aliphatic rings. The highest BCUT2D eigenvalue weighted by atomic mass is 32.2. The molecule has 3 atom stereocenters. The van der Waals surface area contributed by atoms with Crippen LogP contribution in [0.1, 0.15) is 45.4 Å². The van der Waals surface area contributed by atoms with Crippen LogP contribution >= 0.6 is 0 Å². The third-order valence-electron chi connectivity index (χ3n) is 3.56. The third-order valence-corrected chi connectivity index (χ3v) is 5.13. The lowest BCUT2D eigenvalue weighted by Crippen LogP contribution is -2.56. The van der Waals surface area contributed by atoms with E-state index in [0.717, 1.165) is 6.26 Å². The van der Waals surface area contributed by atoms with E-state index in [9.17, 15) is 18.0 Å². The molecule has 8 heteroatoms. The van der Waals surface area contributed by atoms with Crippen molar-refractivity contribution >= 4 is 21.8 Å². The Morgan fingerprint density at radius 3 is 1.96 bits per heavy atom. The molecule has 2 unspecified atom stereocenters. The Morgan fingerprint density at radius 1 is 1.04 bits per heavy atom. The van der Waals surface area contributed by atoms with E-state index in [1.165, 1.54) is 13.8 Å². The van der Waals surface area contributed by atoms with Gasteiger partial charge in [-0.15, -0.1) is 0 Å². The van der Waals surface area contributed by atoms with Crippen LogP contribution in [0.4, 0.5) is 0 Å². The molecule has 0 heterocycles. The van der Waals surface area contributed by atoms with Gasteiger partial charge >= 0.3 is 11.9 Å². The first-order chi connectivity index (χ1) is 11.7. The van der Waals surface area contributed by atoms with Crippen molar-refractivity contribution in [3.05, 3.63) is 35.9 Å². The van der Waals surface area contributed by atoms with Gasteiger partial charge in [0.1, 0.15) is 17.0 Å². The zero-order valence-electron chi connectivity index (χ0n) is 16.0. The second kappa shape index (κ2) is 7.75. The second-order valence-electron chi connectivity index (χ2n) is 7.48. The number of ether oxygens (including phenoxy) is 2. The lowest BCUT2D eigenvalue weighted by atomic mass is 10.0. The predicted octanol–water partition coefficient (Wildman–Crippen LogP) is 1.76. The van der Waals surface area contributed by atoms with Gasteiger partial charge in [0.15, 0.2) is 9.84 Å². The zero-order chi connectivity index (χ0) is 20.3. The van der Waals surface area contributed by atoms with Crippen molar-refractivity contribution in [3.63, 3.8) is 0 Å². The minimum absolute atomic E-state index is 0.478. The molecule has 0 aliphatic heterocycles. The van der Waals surface area contributed by atoms with Crippen LogP contribution in [0.2, 0.25) is 0 Å². The smallest absolute Gasteiger partial charge is 0.338 e. The number of hydrogen-bond acceptors (Lipinski definition) is 7. The first-order valence-corrected chi connectivity index (χ1v) is 10.1. The normalized spacial score (nSPS) is 16.9. The second-order valence-corrected chi connectivity index (χ2v) is 9.64. The van der Waals surface area contributed by atoms with E-state index in [-0.39, 0.29) is 0 Å². The van der Waals surface area contributed by atoms with E-state index >= 15 is 0 Å². The van der Waals surface area contributed by atoms with Gasteiger partial charge in [-0.05, 0) is 40.2 Å². The highest BCUT2D eigenvalue weighted by molar-refractivity contribution is 7.91. The Bertz CT molecular complexity index is 750. The summed E-state index contributed by atoms with van der Waals surface area (Å²) in [6, 6.07) is 8.39. The fourth-order valence-corrected chi connectivity index (χ4v) is 3.73. The summed E-state index contributed by atoms with van der Waals surface area (Å²) in [5.41, 5.74) is 3.40. The van der Waals surface area contributed by atoms with Crippen LogP contribution in [0.5, 0.6) is 0 Å². The van der Waals surface area contributed by atoms with Crippen molar-refractivity contribution in [2.45, 2.75) is 57.1 Å². The summed E-state index contributed by atoms with van der Waals surface area (Å²) in [4.78, 5) is 24.6. The first-order valence-electron chi connectivity index (χ1n) is 8.13. The first kappa shape index (κ1) is 22.1. The quantitative estimate of drug-likeness (QED) is 0.586. The number of carbonyl (C=O) groups excluding carboxylic acids is 2. The number of sulfone groups is 1. The maximum absolute atomic E-state index is 12.4. The summed E-state index contributed by atoms with van der Waals surface area (Å²) in [5, 5.41) is -1.08. The molecule has 1 aromatic rings. The Labute approximate surface area is 154 Å². The van der Waals surface area contributed by atoms with Crippen LogP contribution in [0.25, 0.3) is 0 Å². The summed E-state index contributed by atoms with van der Waals surface area (Å²) < 4.78 is 34.8. The topological polar surface area (TPSA) is 113 Å². The highest BCUT2D eigenvalue weighted by Gasteiger charge is 2.44. The fourth-order valence-electron chi connectivity index (χ4n) is 2.33. The Hall–Kier alpha value is -1.93. The molecular weight excluding hydrogens is 358 g/mol. The fraction of sp³-hybridized carbons (Fsp3) is 0.556. The number of benzene rings is 1. The van der Waals surface area contributed by atoms with Crippen LogP contribution < -0.4 is 5.73 Å². The lowest BCUT2D eigenvalue weighted by Gasteiger charge is -2.29. The molecule has 1 aromatic carbocycles. The van der Waals surface area contributed by atoms with E-state index in [2.05, 4.69) is 0 Å². The van der Waals surface area contributed by atoms with Gasteiger partial charge in [0.2, 0.25) is 5.54 Å². The van der Waals surface area contributed by atoms with Crippen molar-refractivity contribution < 1.29 is 27.5 Å². The van der Waals surface area contributed by atoms with E-state index in [1.54, 1.807) is 51.1 Å². The SMILES string of the molecule is CC(OC(=O)[C@](C)(N)C(=O)OC(C)(C)C)C(c1ccccc1)S(C)(=O)=O. The Kier molecular flexibility index (Phi) is 6.59. The van der Waals surface area contributed by atoms with Crippen LogP contribution in [-0.4, -0.2) is 43.9 Å². The third kappa shape index (κ3) is 5.81. The van der Waals surface area contributed by atoms with Gasteiger partial charge in [-0.25, -0.2) is 18.0 Å². The van der Waals surface area contributed by atoms with Crippen LogP contribution in [-0.2, 0) is 28.9 Å². The average molecular weight is 385 g/mol. The highest BCUT2D eigenvalue weighted by Crippen LogP contribution is 2.28. The minimum atomic E-state index is -3.59. The molecule has 0 amide bonds. The van der Waals surface area contributed by atoms with Crippen LogP contribution in [0.3, 0.4) is 0 Å². The Morgan fingerprint density at radius 2 is 1.54 bits per heavy atom. The van der Waals surface area contributed by atoms with Gasteiger partial charge < -0.3 is 15.2 Å². The molecule has 146 valence electrons. The average Bonchev–Trinajstić information content (AvgIpc) is 2.44. The maximum atomic E-state index is 12.4. The van der Waals surface area contributed by atoms with Crippen molar-refractivity contribution in [3.8, 4) is 0 Å². The van der Waals surface area contributed by atoms with Crippen molar-refractivity contribution in [1.29, 1.82) is 0 Å². The number of rotatable bonds is 6. The molecule has 2 N–H and O–H groups in total. The van der Waals surface area contributed by atoms with Gasteiger partial charge in [0, 0.05) is 6.26 Å². The molecule has 0 bridgehead atoms. The number of nitrogens with two attached hydrogens (primary N) is 1. The predicted molar refractivity (Wildman–Crippen MR) is 98.0 cm³/mol. The molecule has 0 fully saturated rings. The monoisotopic (exact) mass is 385 g/mol. The van der Waals surface area contributed by atoms with Gasteiger partial charge in [-0.2, -0.15) is 0 Å². The largest absolute Gasteiger partial charge is 0.459 e. The molecular formula is C18H27NO6S. The summed E-state index contributed by atoms with van der Waals surface area (Å²) in [7, 11) is -3.59. The molecule has 1 rings (SSSR count). The summed E-state index contributed by atoms with van der Waals surface area (Å²) in [6.45, 7) is 7.55. The van der Waals surface area contributed by atoms with Crippen LogP contribution in [0.15, 0.2) is 30.3 Å². The summed E-state index contributed by atoms with van der Waals surface area (Å²) in [6.07, 6.45) is 0.00930. The Balaban J connectivity index is 3.04. The van der Waals surface area contributed by atoms with Gasteiger partial charge in [0.25, 0.3) is 0 Å². The number of carbonyl (C=O) groups is 2. The van der Waals surface area contributed by atoms with E-state index in [4.69, 9.17) is 15.2 Å². The molecule has 26 heavy (non-hydrogen) atoms. The van der Waals surface area contributed by atoms with Crippen molar-refractivity contribution in [2.24, 2.45) is 5.73 Å². The van der Waals surface area contributed by atoms with Crippen molar-refractivity contribution in [1.82, 2.24) is 0 Å². The number of esters is 2. The van der Waals surface area contributed by atoms with Crippen molar-refractivity contribution in [2.75, 3.05) is 6.26 Å². The van der Waals surface area contributed by atoms with E-state index < -0.39 is 44.3 Å². The van der Waals surface area contributed by atoms with Gasteiger partial charge in [-0.3, -0.25) is 0 Å². The summed E-state index contributed by atoms with van der Waals surface area (Å²) >= 11 is 0. The van der Waals surface area contributed by atoms with Gasteiger partial charge in [-0.1, -0.05) is 30.3 Å².